The lowest BCUT2D eigenvalue weighted by molar-refractivity contribution is 0.339. The van der Waals surface area contributed by atoms with Crippen molar-refractivity contribution in [3.63, 3.8) is 0 Å². The molecule has 0 N–H and O–H groups in total. The predicted octanol–water partition coefficient (Wildman–Crippen LogP) is 3.87. The fourth-order valence-corrected chi connectivity index (χ4v) is 5.82. The smallest absolute Gasteiger partial charge is 0.243 e. The highest BCUT2D eigenvalue weighted by molar-refractivity contribution is 7.91. The minimum absolute atomic E-state index is 0.00847. The Morgan fingerprint density at radius 3 is 2.19 bits per heavy atom. The van der Waals surface area contributed by atoms with E-state index in [0.717, 1.165) is 12.1 Å². The van der Waals surface area contributed by atoms with Gasteiger partial charge >= 0.3 is 0 Å². The molecule has 0 saturated heterocycles. The third-order valence-electron chi connectivity index (χ3n) is 4.68. The molecule has 0 amide bonds. The first kappa shape index (κ1) is 24.0. The van der Waals surface area contributed by atoms with Crippen LogP contribution in [-0.2, 0) is 26.4 Å². The first-order valence-electron chi connectivity index (χ1n) is 9.96. The summed E-state index contributed by atoms with van der Waals surface area (Å²) >= 11 is 0. The van der Waals surface area contributed by atoms with Crippen molar-refractivity contribution >= 4 is 19.9 Å². The predicted molar refractivity (Wildman–Crippen MR) is 117 cm³/mol. The number of hydrogen-bond donors (Lipinski definition) is 0. The fourth-order valence-electron chi connectivity index (χ4n) is 3.07. The number of ether oxygens (including phenoxy) is 1. The standard InChI is InChI=1S/C22H24FNO6S2/c1-2-29-19-8-12-22(13-9-19)32(27,28)24(17-20-5-3-15-30-20)14-4-16-31(25,26)21-10-6-18(23)7-11-21/h3,5-13,15H,2,4,14,16-17H2,1H3. The topological polar surface area (TPSA) is 93.9 Å². The summed E-state index contributed by atoms with van der Waals surface area (Å²) in [6.07, 6.45) is 1.49. The number of nitrogens with zero attached hydrogens (tertiary/aromatic N) is 1. The van der Waals surface area contributed by atoms with Gasteiger partial charge in [-0.2, -0.15) is 4.31 Å². The molecule has 0 unspecified atom stereocenters. The molecule has 0 fully saturated rings. The summed E-state index contributed by atoms with van der Waals surface area (Å²) in [7, 11) is -7.61. The van der Waals surface area contributed by atoms with Crippen molar-refractivity contribution in [2.75, 3.05) is 18.9 Å². The monoisotopic (exact) mass is 481 g/mol. The second kappa shape index (κ2) is 10.3. The maximum Gasteiger partial charge on any atom is 0.243 e. The van der Waals surface area contributed by atoms with Crippen LogP contribution in [0.3, 0.4) is 0 Å². The van der Waals surface area contributed by atoms with Crippen LogP contribution < -0.4 is 4.74 Å². The summed E-state index contributed by atoms with van der Waals surface area (Å²) in [5.41, 5.74) is 0. The zero-order valence-electron chi connectivity index (χ0n) is 17.5. The Hall–Kier alpha value is -2.69. The normalized spacial score (nSPS) is 12.2. The van der Waals surface area contributed by atoms with Gasteiger partial charge in [0.15, 0.2) is 9.84 Å². The number of sulfonamides is 1. The average molecular weight is 482 g/mol. The van der Waals surface area contributed by atoms with Crippen LogP contribution in [0.25, 0.3) is 0 Å². The highest BCUT2D eigenvalue weighted by atomic mass is 32.2. The molecule has 0 aliphatic rings. The lowest BCUT2D eigenvalue weighted by Gasteiger charge is -2.21. The summed E-state index contributed by atoms with van der Waals surface area (Å²) in [5.74, 6) is 0.164. The number of halogens is 1. The van der Waals surface area contributed by atoms with Gasteiger partial charge in [0.25, 0.3) is 0 Å². The molecule has 0 radical (unpaired) electrons. The van der Waals surface area contributed by atoms with Gasteiger partial charge in [-0.05, 0) is 74.0 Å². The third kappa shape index (κ3) is 5.96. The maximum atomic E-state index is 13.2. The second-order valence-corrected chi connectivity index (χ2v) is 11.0. The Bertz CT molecular complexity index is 1210. The van der Waals surface area contributed by atoms with E-state index < -0.39 is 25.7 Å². The molecule has 172 valence electrons. The molecule has 10 heteroatoms. The fraction of sp³-hybridized carbons (Fsp3) is 0.273. The molecule has 1 aromatic heterocycles. The summed E-state index contributed by atoms with van der Waals surface area (Å²) in [5, 5.41) is 0. The van der Waals surface area contributed by atoms with Crippen LogP contribution >= 0.6 is 0 Å². The van der Waals surface area contributed by atoms with Crippen LogP contribution in [0, 0.1) is 5.82 Å². The maximum absolute atomic E-state index is 13.2. The van der Waals surface area contributed by atoms with Crippen LogP contribution in [-0.4, -0.2) is 40.0 Å². The van der Waals surface area contributed by atoms with Crippen molar-refractivity contribution in [2.45, 2.75) is 29.7 Å². The molecule has 2 aromatic carbocycles. The molecular weight excluding hydrogens is 457 g/mol. The Morgan fingerprint density at radius 1 is 0.938 bits per heavy atom. The Labute approximate surface area is 187 Å². The van der Waals surface area contributed by atoms with Crippen molar-refractivity contribution in [3.05, 3.63) is 78.5 Å². The van der Waals surface area contributed by atoms with Gasteiger partial charge in [-0.25, -0.2) is 21.2 Å². The first-order chi connectivity index (χ1) is 15.2. The van der Waals surface area contributed by atoms with E-state index in [1.807, 2.05) is 6.92 Å². The van der Waals surface area contributed by atoms with Gasteiger partial charge in [0.05, 0.1) is 35.0 Å². The van der Waals surface area contributed by atoms with E-state index in [-0.39, 0.29) is 35.1 Å². The second-order valence-electron chi connectivity index (χ2n) is 6.95. The number of rotatable bonds is 11. The van der Waals surface area contributed by atoms with Crippen molar-refractivity contribution < 1.29 is 30.4 Å². The van der Waals surface area contributed by atoms with Crippen LogP contribution in [0.5, 0.6) is 5.75 Å². The van der Waals surface area contributed by atoms with Gasteiger partial charge in [-0.15, -0.1) is 0 Å². The van der Waals surface area contributed by atoms with Crippen molar-refractivity contribution in [1.29, 1.82) is 0 Å². The lowest BCUT2D eigenvalue weighted by atomic mass is 10.3. The van der Waals surface area contributed by atoms with E-state index in [1.165, 1.54) is 34.8 Å². The molecule has 7 nitrogen and oxygen atoms in total. The summed E-state index contributed by atoms with van der Waals surface area (Å²) in [6, 6.07) is 13.9. The van der Waals surface area contributed by atoms with E-state index in [0.29, 0.717) is 18.1 Å². The molecule has 32 heavy (non-hydrogen) atoms. The van der Waals surface area contributed by atoms with Crippen molar-refractivity contribution in [3.8, 4) is 5.75 Å². The van der Waals surface area contributed by atoms with Gasteiger partial charge in [-0.1, -0.05) is 0 Å². The Balaban J connectivity index is 1.77. The summed E-state index contributed by atoms with van der Waals surface area (Å²) in [4.78, 5) is 0.0553. The molecule has 0 aliphatic carbocycles. The van der Waals surface area contributed by atoms with Crippen LogP contribution in [0.1, 0.15) is 19.1 Å². The highest BCUT2D eigenvalue weighted by Crippen LogP contribution is 2.22. The zero-order valence-corrected chi connectivity index (χ0v) is 19.1. The highest BCUT2D eigenvalue weighted by Gasteiger charge is 2.26. The minimum atomic E-state index is -3.92. The zero-order chi connectivity index (χ0) is 23.2. The number of sulfone groups is 1. The van der Waals surface area contributed by atoms with E-state index in [4.69, 9.17) is 9.15 Å². The molecule has 3 aromatic rings. The molecule has 3 rings (SSSR count). The third-order valence-corrected chi connectivity index (χ3v) is 8.35. The summed E-state index contributed by atoms with van der Waals surface area (Å²) in [6.45, 7) is 2.20. The number of hydrogen-bond acceptors (Lipinski definition) is 6. The Kier molecular flexibility index (Phi) is 7.70. The molecule has 0 spiro atoms. The molecule has 0 atom stereocenters. The quantitative estimate of drug-likeness (QED) is 0.386. The van der Waals surface area contributed by atoms with Crippen LogP contribution in [0.2, 0.25) is 0 Å². The van der Waals surface area contributed by atoms with E-state index in [1.54, 1.807) is 24.3 Å². The lowest BCUT2D eigenvalue weighted by Crippen LogP contribution is -2.32. The van der Waals surface area contributed by atoms with Gasteiger partial charge in [-0.3, -0.25) is 0 Å². The average Bonchev–Trinajstić information content (AvgIpc) is 3.27. The van der Waals surface area contributed by atoms with Crippen molar-refractivity contribution in [1.82, 2.24) is 4.31 Å². The molecule has 0 aliphatic heterocycles. The molecule has 0 bridgehead atoms. The van der Waals surface area contributed by atoms with Gasteiger partial charge in [0, 0.05) is 6.54 Å². The van der Waals surface area contributed by atoms with Crippen LogP contribution in [0.4, 0.5) is 4.39 Å². The molecule has 1 heterocycles. The summed E-state index contributed by atoms with van der Waals surface area (Å²) < 4.78 is 76.5. The van der Waals surface area contributed by atoms with E-state index in [2.05, 4.69) is 0 Å². The number of benzene rings is 2. The number of furan rings is 1. The van der Waals surface area contributed by atoms with E-state index >= 15 is 0 Å². The molecule has 0 saturated carbocycles. The van der Waals surface area contributed by atoms with Gasteiger partial charge in [0.1, 0.15) is 17.3 Å². The first-order valence-corrected chi connectivity index (χ1v) is 13.1. The van der Waals surface area contributed by atoms with Crippen LogP contribution in [0.15, 0.2) is 81.1 Å². The van der Waals surface area contributed by atoms with Crippen molar-refractivity contribution in [2.24, 2.45) is 0 Å². The van der Waals surface area contributed by atoms with Gasteiger partial charge < -0.3 is 9.15 Å². The van der Waals surface area contributed by atoms with E-state index in [9.17, 15) is 21.2 Å². The van der Waals surface area contributed by atoms with Gasteiger partial charge in [0.2, 0.25) is 10.0 Å². The largest absolute Gasteiger partial charge is 0.494 e. The SMILES string of the molecule is CCOc1ccc(S(=O)(=O)N(CCCS(=O)(=O)c2ccc(F)cc2)Cc2ccco2)cc1. The Morgan fingerprint density at radius 2 is 1.59 bits per heavy atom. The molecular formula is C22H24FNO6S2. The minimum Gasteiger partial charge on any atom is -0.494 e.